The van der Waals surface area contributed by atoms with Gasteiger partial charge < -0.3 is 15.4 Å². The summed E-state index contributed by atoms with van der Waals surface area (Å²) in [7, 11) is 0. The van der Waals surface area contributed by atoms with Crippen LogP contribution in [0.1, 0.15) is 48.8 Å². The summed E-state index contributed by atoms with van der Waals surface area (Å²) in [6.45, 7) is 4.38. The van der Waals surface area contributed by atoms with E-state index >= 15 is 0 Å². The molecular formula is C26H22FN5O4. The number of hydrogen-bond acceptors (Lipinski definition) is 6. The Kier molecular flexibility index (Phi) is 5.93. The molecule has 0 bridgehead atoms. The number of esters is 1. The number of fused-ring (bicyclic) bond motifs is 2. The van der Waals surface area contributed by atoms with Crippen LogP contribution in [0.25, 0.3) is 5.65 Å². The smallest absolute Gasteiger partial charge is 0.315 e. The number of nitrogens with zero attached hydrogens (tertiary/aromatic N) is 3. The second kappa shape index (κ2) is 9.21. The number of nitrogens with one attached hydrogen (secondary N) is 2. The number of hydrogen-bond donors (Lipinski definition) is 2. The van der Waals surface area contributed by atoms with Crippen LogP contribution in [-0.2, 0) is 24.3 Å². The van der Waals surface area contributed by atoms with Gasteiger partial charge in [0.05, 0.1) is 12.6 Å². The zero-order chi connectivity index (χ0) is 25.4. The molecule has 0 saturated heterocycles. The lowest BCUT2D eigenvalue weighted by Crippen LogP contribution is -2.28. The summed E-state index contributed by atoms with van der Waals surface area (Å²) in [5.74, 6) is -1.68. The second-order valence-corrected chi connectivity index (χ2v) is 8.63. The van der Waals surface area contributed by atoms with Crippen molar-refractivity contribution >= 4 is 23.4 Å². The zero-order valence-corrected chi connectivity index (χ0v) is 19.6. The molecule has 1 aliphatic rings. The molecule has 0 atom stereocenters. The summed E-state index contributed by atoms with van der Waals surface area (Å²) < 4.78 is 20.5. The van der Waals surface area contributed by atoms with Gasteiger partial charge in [-0.15, -0.1) is 0 Å². The third kappa shape index (κ3) is 4.52. The van der Waals surface area contributed by atoms with Gasteiger partial charge in [-0.1, -0.05) is 24.3 Å². The summed E-state index contributed by atoms with van der Waals surface area (Å²) in [5, 5.41) is 9.41. The first-order valence-electron chi connectivity index (χ1n) is 11.3. The Bertz CT molecular complexity index is 1550. The molecule has 1 aliphatic heterocycles. The molecule has 2 N–H and O–H groups in total. The summed E-state index contributed by atoms with van der Waals surface area (Å²) in [6.07, 6.45) is 1.12. The van der Waals surface area contributed by atoms with Gasteiger partial charge in [-0.3, -0.25) is 14.4 Å². The maximum absolute atomic E-state index is 14.3. The largest absolute Gasteiger partial charge is 0.426 e. The van der Waals surface area contributed by atoms with Gasteiger partial charge in [-0.25, -0.2) is 13.9 Å². The SMILES string of the molecule is Cc1ccc(CNC(=O)c2cc(C(=O)NCc3ccc4c(c3)CC(=O)O4)nc3c(F)cnn23)cc1C. The Morgan fingerprint density at radius 3 is 2.50 bits per heavy atom. The standard InChI is InChI=1S/C26H22FN5O4/c1-14-3-4-16(7-15(14)2)11-29-26(35)21-10-20(31-24-19(27)13-30-32(21)24)25(34)28-12-17-5-6-22-18(8-17)9-23(33)36-22/h3-8,10,13H,9,11-12H2,1-2H3,(H,28,34)(H,29,35). The molecule has 0 spiro atoms. The number of aromatic nitrogens is 3. The molecule has 182 valence electrons. The fraction of sp³-hybridized carbons (Fsp3) is 0.192. The van der Waals surface area contributed by atoms with Gasteiger partial charge in [0.25, 0.3) is 11.8 Å². The average molecular weight is 487 g/mol. The normalized spacial score (nSPS) is 12.4. The minimum atomic E-state index is -0.754. The fourth-order valence-corrected chi connectivity index (χ4v) is 3.97. The third-order valence-electron chi connectivity index (χ3n) is 6.05. The van der Waals surface area contributed by atoms with Crippen molar-refractivity contribution in [1.29, 1.82) is 0 Å². The van der Waals surface area contributed by atoms with E-state index in [9.17, 15) is 18.8 Å². The van der Waals surface area contributed by atoms with Gasteiger partial charge in [0, 0.05) is 24.7 Å². The number of carbonyl (C=O) groups excluding carboxylic acids is 3. The highest BCUT2D eigenvalue weighted by Gasteiger charge is 2.22. The Morgan fingerprint density at radius 2 is 1.72 bits per heavy atom. The van der Waals surface area contributed by atoms with Crippen molar-refractivity contribution in [2.45, 2.75) is 33.4 Å². The molecular weight excluding hydrogens is 465 g/mol. The zero-order valence-electron chi connectivity index (χ0n) is 19.6. The predicted octanol–water partition coefficient (Wildman–Crippen LogP) is 2.81. The summed E-state index contributed by atoms with van der Waals surface area (Å²) in [4.78, 5) is 41.4. The van der Waals surface area contributed by atoms with Crippen LogP contribution >= 0.6 is 0 Å². The van der Waals surface area contributed by atoms with E-state index in [4.69, 9.17) is 4.74 Å². The van der Waals surface area contributed by atoms with Gasteiger partial charge in [-0.2, -0.15) is 5.10 Å². The predicted molar refractivity (Wildman–Crippen MR) is 127 cm³/mol. The highest BCUT2D eigenvalue weighted by molar-refractivity contribution is 5.98. The third-order valence-corrected chi connectivity index (χ3v) is 6.05. The van der Waals surface area contributed by atoms with Gasteiger partial charge >= 0.3 is 5.97 Å². The van der Waals surface area contributed by atoms with E-state index in [1.807, 2.05) is 32.0 Å². The number of amides is 2. The first kappa shape index (κ1) is 23.2. The Labute approximate surface area is 205 Å². The maximum Gasteiger partial charge on any atom is 0.315 e. The topological polar surface area (TPSA) is 115 Å². The highest BCUT2D eigenvalue weighted by atomic mass is 19.1. The maximum atomic E-state index is 14.3. The minimum Gasteiger partial charge on any atom is -0.426 e. The number of aryl methyl sites for hydroxylation is 2. The Hall–Kier alpha value is -4.60. The average Bonchev–Trinajstić information content (AvgIpc) is 3.43. The van der Waals surface area contributed by atoms with Crippen molar-refractivity contribution in [2.75, 3.05) is 0 Å². The van der Waals surface area contributed by atoms with E-state index in [1.54, 1.807) is 18.2 Å². The van der Waals surface area contributed by atoms with Crippen LogP contribution < -0.4 is 15.4 Å². The molecule has 2 aromatic heterocycles. The summed E-state index contributed by atoms with van der Waals surface area (Å²) >= 11 is 0. The van der Waals surface area contributed by atoms with Crippen LogP contribution in [0.4, 0.5) is 4.39 Å². The number of benzene rings is 2. The molecule has 0 aliphatic carbocycles. The number of halogens is 1. The van der Waals surface area contributed by atoms with Crippen LogP contribution in [0.2, 0.25) is 0 Å². The van der Waals surface area contributed by atoms with E-state index in [2.05, 4.69) is 20.7 Å². The number of rotatable bonds is 6. The van der Waals surface area contributed by atoms with Crippen molar-refractivity contribution in [3.05, 3.63) is 93.7 Å². The van der Waals surface area contributed by atoms with Gasteiger partial charge in [-0.05, 0) is 48.2 Å². The van der Waals surface area contributed by atoms with Crippen LogP contribution in [-0.4, -0.2) is 32.4 Å². The van der Waals surface area contributed by atoms with Crippen LogP contribution in [0.3, 0.4) is 0 Å². The van der Waals surface area contributed by atoms with Gasteiger partial charge in [0.2, 0.25) is 0 Å². The fourth-order valence-electron chi connectivity index (χ4n) is 3.97. The van der Waals surface area contributed by atoms with E-state index < -0.39 is 17.6 Å². The van der Waals surface area contributed by atoms with E-state index in [0.29, 0.717) is 5.75 Å². The monoisotopic (exact) mass is 487 g/mol. The quantitative estimate of drug-likeness (QED) is 0.319. The molecule has 9 nitrogen and oxygen atoms in total. The van der Waals surface area contributed by atoms with Crippen molar-refractivity contribution in [3.63, 3.8) is 0 Å². The van der Waals surface area contributed by atoms with E-state index in [1.165, 1.54) is 6.07 Å². The molecule has 2 aromatic carbocycles. The van der Waals surface area contributed by atoms with E-state index in [-0.39, 0.29) is 42.5 Å². The van der Waals surface area contributed by atoms with Crippen LogP contribution in [0.5, 0.6) is 5.75 Å². The molecule has 2 amide bonds. The first-order chi connectivity index (χ1) is 17.3. The van der Waals surface area contributed by atoms with Crippen molar-refractivity contribution in [1.82, 2.24) is 25.2 Å². The molecule has 10 heteroatoms. The lowest BCUT2D eigenvalue weighted by molar-refractivity contribution is -0.131. The van der Waals surface area contributed by atoms with Crippen LogP contribution in [0, 0.1) is 19.7 Å². The Balaban J connectivity index is 1.34. The molecule has 0 unspecified atom stereocenters. The summed E-state index contributed by atoms with van der Waals surface area (Å²) in [6, 6.07) is 12.3. The molecule has 5 rings (SSSR count). The van der Waals surface area contributed by atoms with Crippen LogP contribution in [0.15, 0.2) is 48.7 Å². The first-order valence-corrected chi connectivity index (χ1v) is 11.3. The number of ether oxygens (including phenoxy) is 1. The van der Waals surface area contributed by atoms with Crippen molar-refractivity contribution in [3.8, 4) is 5.75 Å². The molecule has 4 aromatic rings. The molecule has 36 heavy (non-hydrogen) atoms. The second-order valence-electron chi connectivity index (χ2n) is 8.63. The Morgan fingerprint density at radius 1 is 1.00 bits per heavy atom. The van der Waals surface area contributed by atoms with Crippen molar-refractivity contribution in [2.24, 2.45) is 0 Å². The molecule has 3 heterocycles. The summed E-state index contributed by atoms with van der Waals surface area (Å²) in [5.41, 5.74) is 4.27. The van der Waals surface area contributed by atoms with E-state index in [0.717, 1.165) is 38.5 Å². The molecule has 0 saturated carbocycles. The van der Waals surface area contributed by atoms with Crippen molar-refractivity contribution < 1.29 is 23.5 Å². The van der Waals surface area contributed by atoms with Gasteiger partial charge in [0.1, 0.15) is 17.1 Å². The number of carbonyl (C=O) groups is 3. The highest BCUT2D eigenvalue weighted by Crippen LogP contribution is 2.26. The lowest BCUT2D eigenvalue weighted by atomic mass is 10.1. The molecule has 0 radical (unpaired) electrons. The lowest BCUT2D eigenvalue weighted by Gasteiger charge is -2.11. The molecule has 0 fully saturated rings. The van der Waals surface area contributed by atoms with Gasteiger partial charge in [0.15, 0.2) is 11.5 Å². The minimum absolute atomic E-state index is 0.0222.